The third-order valence-electron chi connectivity index (χ3n) is 4.50. The summed E-state index contributed by atoms with van der Waals surface area (Å²) < 4.78 is 25.0. The summed E-state index contributed by atoms with van der Waals surface area (Å²) in [6.07, 6.45) is 3.98. The molecule has 0 aromatic heterocycles. The molecule has 1 unspecified atom stereocenters. The SMILES string of the molecule is CS(=O)(=O)NCC1CCCN(C(=O)c2ccc3c(c2)CCN3)C1.Cl. The van der Waals surface area contributed by atoms with Gasteiger partial charge < -0.3 is 10.2 Å². The maximum absolute atomic E-state index is 12.7. The fraction of sp³-hybridized carbons (Fsp3) is 0.562. The van der Waals surface area contributed by atoms with E-state index in [1.807, 2.05) is 23.1 Å². The van der Waals surface area contributed by atoms with Crippen LogP contribution in [0.2, 0.25) is 0 Å². The van der Waals surface area contributed by atoms with Crippen molar-refractivity contribution in [1.29, 1.82) is 0 Å². The minimum Gasteiger partial charge on any atom is -0.384 e. The average molecular weight is 374 g/mol. The summed E-state index contributed by atoms with van der Waals surface area (Å²) in [5.41, 5.74) is 3.04. The average Bonchev–Trinajstić information content (AvgIpc) is 2.99. The Morgan fingerprint density at radius 3 is 2.96 bits per heavy atom. The van der Waals surface area contributed by atoms with Gasteiger partial charge in [-0.25, -0.2) is 13.1 Å². The molecule has 0 saturated carbocycles. The van der Waals surface area contributed by atoms with Gasteiger partial charge in [0.2, 0.25) is 10.0 Å². The predicted octanol–water partition coefficient (Wildman–Crippen LogP) is 1.48. The molecular formula is C16H24ClN3O3S. The first-order chi connectivity index (χ1) is 10.9. The second kappa shape index (κ2) is 7.72. The van der Waals surface area contributed by atoms with Crippen molar-refractivity contribution in [3.8, 4) is 0 Å². The molecule has 8 heteroatoms. The Hall–Kier alpha value is -1.31. The van der Waals surface area contributed by atoms with Crippen molar-refractivity contribution in [1.82, 2.24) is 9.62 Å². The standard InChI is InChI=1S/C16H23N3O3S.ClH/c1-23(21,22)18-10-12-3-2-8-19(11-12)16(20)14-4-5-15-13(9-14)6-7-17-15;/h4-5,9,12,17-18H,2-3,6-8,10-11H2,1H3;1H. The van der Waals surface area contributed by atoms with Crippen LogP contribution >= 0.6 is 12.4 Å². The third-order valence-corrected chi connectivity index (χ3v) is 5.19. The van der Waals surface area contributed by atoms with Crippen molar-refractivity contribution in [2.24, 2.45) is 5.92 Å². The molecule has 6 nitrogen and oxygen atoms in total. The summed E-state index contributed by atoms with van der Waals surface area (Å²) >= 11 is 0. The van der Waals surface area contributed by atoms with E-state index in [0.717, 1.165) is 49.9 Å². The number of fused-ring (bicyclic) bond motifs is 1. The fourth-order valence-electron chi connectivity index (χ4n) is 3.31. The van der Waals surface area contributed by atoms with Crippen LogP contribution in [-0.2, 0) is 16.4 Å². The molecule has 24 heavy (non-hydrogen) atoms. The largest absolute Gasteiger partial charge is 0.384 e. The minimum absolute atomic E-state index is 0. The first kappa shape index (κ1) is 19.0. The highest BCUT2D eigenvalue weighted by Gasteiger charge is 2.25. The number of anilines is 1. The number of sulfonamides is 1. The Morgan fingerprint density at radius 1 is 1.42 bits per heavy atom. The van der Waals surface area contributed by atoms with Crippen molar-refractivity contribution in [2.75, 3.05) is 37.8 Å². The van der Waals surface area contributed by atoms with E-state index in [-0.39, 0.29) is 24.2 Å². The summed E-state index contributed by atoms with van der Waals surface area (Å²) in [6, 6.07) is 5.83. The number of hydrogen-bond donors (Lipinski definition) is 2. The summed E-state index contributed by atoms with van der Waals surface area (Å²) in [6.45, 7) is 2.67. The number of halogens is 1. The lowest BCUT2D eigenvalue weighted by atomic mass is 9.97. The van der Waals surface area contributed by atoms with E-state index in [1.54, 1.807) is 0 Å². The highest BCUT2D eigenvalue weighted by Crippen LogP contribution is 2.25. The Balaban J connectivity index is 0.00000208. The summed E-state index contributed by atoms with van der Waals surface area (Å²) in [4.78, 5) is 14.6. The summed E-state index contributed by atoms with van der Waals surface area (Å²) in [5, 5.41) is 3.29. The molecular weight excluding hydrogens is 350 g/mol. The van der Waals surface area contributed by atoms with Crippen LogP contribution in [0.25, 0.3) is 0 Å². The summed E-state index contributed by atoms with van der Waals surface area (Å²) in [5.74, 6) is 0.224. The number of hydrogen-bond acceptors (Lipinski definition) is 4. The van der Waals surface area contributed by atoms with Gasteiger partial charge in [0.15, 0.2) is 0 Å². The van der Waals surface area contributed by atoms with Crippen molar-refractivity contribution < 1.29 is 13.2 Å². The molecule has 1 amide bonds. The number of benzene rings is 1. The van der Waals surface area contributed by atoms with Gasteiger partial charge in [-0.3, -0.25) is 4.79 Å². The molecule has 3 rings (SSSR count). The van der Waals surface area contributed by atoms with Gasteiger partial charge in [-0.05, 0) is 48.9 Å². The lowest BCUT2D eigenvalue weighted by Gasteiger charge is -2.33. The first-order valence-electron chi connectivity index (χ1n) is 8.03. The molecule has 1 saturated heterocycles. The Bertz CT molecular complexity index is 709. The van der Waals surface area contributed by atoms with Gasteiger partial charge in [0, 0.05) is 37.4 Å². The fourth-order valence-corrected chi connectivity index (χ4v) is 3.84. The number of rotatable bonds is 4. The predicted molar refractivity (Wildman–Crippen MR) is 97.4 cm³/mol. The number of carbonyl (C=O) groups excluding carboxylic acids is 1. The van der Waals surface area contributed by atoms with Crippen LogP contribution in [0.3, 0.4) is 0 Å². The molecule has 2 aliphatic rings. The first-order valence-corrected chi connectivity index (χ1v) is 9.92. The molecule has 1 atom stereocenters. The van der Waals surface area contributed by atoms with Gasteiger partial charge in [-0.15, -0.1) is 12.4 Å². The molecule has 2 N–H and O–H groups in total. The van der Waals surface area contributed by atoms with E-state index in [2.05, 4.69) is 10.0 Å². The molecule has 0 bridgehead atoms. The van der Waals surface area contributed by atoms with Gasteiger partial charge in [0.25, 0.3) is 5.91 Å². The van der Waals surface area contributed by atoms with Crippen LogP contribution < -0.4 is 10.0 Å². The lowest BCUT2D eigenvalue weighted by Crippen LogP contribution is -2.43. The van der Waals surface area contributed by atoms with E-state index < -0.39 is 10.0 Å². The van der Waals surface area contributed by atoms with Crippen LogP contribution in [0.5, 0.6) is 0 Å². The number of amides is 1. The van der Waals surface area contributed by atoms with Gasteiger partial charge in [0.1, 0.15) is 0 Å². The number of nitrogens with zero attached hydrogens (tertiary/aromatic N) is 1. The second-order valence-electron chi connectivity index (χ2n) is 6.43. The molecule has 0 spiro atoms. The number of carbonyl (C=O) groups is 1. The number of likely N-dealkylation sites (tertiary alicyclic amines) is 1. The summed E-state index contributed by atoms with van der Waals surface area (Å²) in [7, 11) is -3.18. The quantitative estimate of drug-likeness (QED) is 0.837. The van der Waals surface area contributed by atoms with Gasteiger partial charge in [-0.1, -0.05) is 0 Å². The lowest BCUT2D eigenvalue weighted by molar-refractivity contribution is 0.0676. The number of piperidine rings is 1. The molecule has 1 fully saturated rings. The van der Waals surface area contributed by atoms with Crippen LogP contribution in [-0.4, -0.2) is 51.7 Å². The Morgan fingerprint density at radius 2 is 2.21 bits per heavy atom. The highest BCUT2D eigenvalue weighted by atomic mass is 35.5. The minimum atomic E-state index is -3.18. The topological polar surface area (TPSA) is 78.5 Å². The maximum atomic E-state index is 12.7. The van der Waals surface area contributed by atoms with Gasteiger partial charge >= 0.3 is 0 Å². The molecule has 2 aliphatic heterocycles. The van der Waals surface area contributed by atoms with E-state index in [4.69, 9.17) is 0 Å². The third kappa shape index (κ3) is 4.62. The molecule has 0 aliphatic carbocycles. The number of nitrogens with one attached hydrogen (secondary N) is 2. The second-order valence-corrected chi connectivity index (χ2v) is 8.26. The van der Waals surface area contributed by atoms with E-state index >= 15 is 0 Å². The Labute approximate surface area is 149 Å². The molecule has 1 aromatic carbocycles. The normalized spacial score (nSPS) is 20.0. The van der Waals surface area contributed by atoms with Crippen molar-refractivity contribution in [3.63, 3.8) is 0 Å². The van der Waals surface area contributed by atoms with E-state index in [9.17, 15) is 13.2 Å². The van der Waals surface area contributed by atoms with Crippen LogP contribution in [0.1, 0.15) is 28.8 Å². The molecule has 1 aromatic rings. The maximum Gasteiger partial charge on any atom is 0.253 e. The van der Waals surface area contributed by atoms with Crippen LogP contribution in [0.4, 0.5) is 5.69 Å². The monoisotopic (exact) mass is 373 g/mol. The zero-order chi connectivity index (χ0) is 16.4. The van der Waals surface area contributed by atoms with Gasteiger partial charge in [0.05, 0.1) is 6.26 Å². The van der Waals surface area contributed by atoms with Crippen LogP contribution in [0.15, 0.2) is 18.2 Å². The van der Waals surface area contributed by atoms with Crippen molar-refractivity contribution in [2.45, 2.75) is 19.3 Å². The van der Waals surface area contributed by atoms with Gasteiger partial charge in [-0.2, -0.15) is 0 Å². The van der Waals surface area contributed by atoms with Crippen molar-refractivity contribution in [3.05, 3.63) is 29.3 Å². The highest BCUT2D eigenvalue weighted by molar-refractivity contribution is 7.88. The molecule has 0 radical (unpaired) electrons. The van der Waals surface area contributed by atoms with E-state index in [1.165, 1.54) is 5.56 Å². The zero-order valence-electron chi connectivity index (χ0n) is 13.7. The zero-order valence-corrected chi connectivity index (χ0v) is 15.4. The smallest absolute Gasteiger partial charge is 0.253 e. The molecule has 134 valence electrons. The van der Waals surface area contributed by atoms with Crippen LogP contribution in [0, 0.1) is 5.92 Å². The molecule has 2 heterocycles. The van der Waals surface area contributed by atoms with E-state index in [0.29, 0.717) is 13.1 Å². The van der Waals surface area contributed by atoms with Crippen molar-refractivity contribution >= 4 is 34.0 Å². The Kier molecular flexibility index (Phi) is 6.11.